The second kappa shape index (κ2) is 5.46. The van der Waals surface area contributed by atoms with E-state index in [9.17, 15) is 9.59 Å². The van der Waals surface area contributed by atoms with Crippen molar-refractivity contribution in [1.82, 2.24) is 0 Å². The number of hydrogen-bond acceptors (Lipinski definition) is 3. The van der Waals surface area contributed by atoms with Crippen LogP contribution in [0.4, 0.5) is 5.00 Å². The maximum atomic E-state index is 12.3. The van der Waals surface area contributed by atoms with Gasteiger partial charge in [-0.25, -0.2) is 0 Å². The number of halogens is 1. The van der Waals surface area contributed by atoms with Crippen LogP contribution in [0.1, 0.15) is 22.8 Å². The fraction of sp³-hybridized carbons (Fsp3) is 0.0769. The minimum Gasteiger partial charge on any atom is -0.317 e. The third-order valence-corrected chi connectivity index (χ3v) is 3.83. The third-order valence-electron chi connectivity index (χ3n) is 2.27. The molecule has 0 bridgehead atoms. The molecular weight excluding hydrogens is 314 g/mol. The molecule has 18 heavy (non-hydrogen) atoms. The second-order valence-corrected chi connectivity index (χ2v) is 6.10. The van der Waals surface area contributed by atoms with Gasteiger partial charge in [0.25, 0.3) is 0 Å². The van der Waals surface area contributed by atoms with Gasteiger partial charge in [0, 0.05) is 12.5 Å². The topological polar surface area (TPSA) is 46.2 Å². The zero-order valence-corrected chi connectivity index (χ0v) is 12.0. The van der Waals surface area contributed by atoms with Gasteiger partial charge in [0.05, 0.1) is 9.35 Å². The first kappa shape index (κ1) is 13.0. The Hall–Kier alpha value is -1.46. The summed E-state index contributed by atoms with van der Waals surface area (Å²) in [6.45, 7) is 1.42. The van der Waals surface area contributed by atoms with E-state index in [4.69, 9.17) is 0 Å². The number of carbonyl (C=O) groups excluding carboxylic acids is 2. The van der Waals surface area contributed by atoms with E-state index >= 15 is 0 Å². The number of rotatable bonds is 3. The molecule has 0 unspecified atom stereocenters. The average molecular weight is 324 g/mol. The lowest BCUT2D eigenvalue weighted by Gasteiger charge is -2.03. The van der Waals surface area contributed by atoms with Gasteiger partial charge in [-0.2, -0.15) is 0 Å². The maximum absolute atomic E-state index is 12.3. The Labute approximate surface area is 117 Å². The summed E-state index contributed by atoms with van der Waals surface area (Å²) in [4.78, 5) is 23.4. The van der Waals surface area contributed by atoms with Crippen LogP contribution in [-0.2, 0) is 4.79 Å². The summed E-state index contributed by atoms with van der Waals surface area (Å²) in [7, 11) is 0. The van der Waals surface area contributed by atoms with Crippen molar-refractivity contribution >= 4 is 44.0 Å². The average Bonchev–Trinajstić information content (AvgIpc) is 2.69. The van der Waals surface area contributed by atoms with Crippen LogP contribution in [-0.4, -0.2) is 11.7 Å². The number of ketones is 1. The molecule has 0 radical (unpaired) electrons. The van der Waals surface area contributed by atoms with Crippen LogP contribution in [0.2, 0.25) is 0 Å². The van der Waals surface area contributed by atoms with E-state index in [0.29, 0.717) is 16.1 Å². The second-order valence-electron chi connectivity index (χ2n) is 3.67. The van der Waals surface area contributed by atoms with Gasteiger partial charge < -0.3 is 5.32 Å². The number of anilines is 1. The van der Waals surface area contributed by atoms with Crippen LogP contribution >= 0.6 is 27.3 Å². The quantitative estimate of drug-likeness (QED) is 0.875. The molecule has 3 nitrogen and oxygen atoms in total. The predicted octanol–water partition coefficient (Wildman–Crippen LogP) is 3.70. The first-order valence-corrected chi connectivity index (χ1v) is 6.85. The van der Waals surface area contributed by atoms with Crippen molar-refractivity contribution in [3.8, 4) is 0 Å². The zero-order valence-electron chi connectivity index (χ0n) is 9.57. The lowest BCUT2D eigenvalue weighted by atomic mass is 10.1. The molecule has 1 N–H and O–H groups in total. The summed E-state index contributed by atoms with van der Waals surface area (Å²) >= 11 is 4.66. The molecule has 5 heteroatoms. The van der Waals surface area contributed by atoms with Gasteiger partial charge in [0.1, 0.15) is 5.00 Å². The molecule has 1 amide bonds. The van der Waals surface area contributed by atoms with Crippen LogP contribution in [0.25, 0.3) is 0 Å². The highest BCUT2D eigenvalue weighted by Gasteiger charge is 2.17. The third kappa shape index (κ3) is 2.86. The van der Waals surface area contributed by atoms with Crippen molar-refractivity contribution in [3.63, 3.8) is 0 Å². The summed E-state index contributed by atoms with van der Waals surface area (Å²) in [5.41, 5.74) is 1.11. The highest BCUT2D eigenvalue weighted by molar-refractivity contribution is 9.11. The van der Waals surface area contributed by atoms with Crippen molar-refractivity contribution in [2.45, 2.75) is 6.92 Å². The highest BCUT2D eigenvalue weighted by atomic mass is 79.9. The SMILES string of the molecule is CC(=O)Nc1sc(Br)cc1C(=O)c1ccccc1. The summed E-state index contributed by atoms with van der Waals surface area (Å²) in [6, 6.07) is 10.7. The van der Waals surface area contributed by atoms with E-state index < -0.39 is 0 Å². The summed E-state index contributed by atoms with van der Waals surface area (Å²) < 4.78 is 0.811. The van der Waals surface area contributed by atoms with E-state index in [1.165, 1.54) is 18.3 Å². The molecule has 0 aliphatic heterocycles. The molecule has 0 aliphatic rings. The Morgan fingerprint density at radius 2 is 1.89 bits per heavy atom. The van der Waals surface area contributed by atoms with Crippen molar-refractivity contribution < 1.29 is 9.59 Å². The lowest BCUT2D eigenvalue weighted by molar-refractivity contribution is -0.114. The van der Waals surface area contributed by atoms with E-state index in [1.54, 1.807) is 18.2 Å². The summed E-state index contributed by atoms with van der Waals surface area (Å²) in [5, 5.41) is 3.25. The first-order chi connectivity index (χ1) is 8.58. The molecule has 1 aromatic heterocycles. The number of nitrogens with one attached hydrogen (secondary N) is 1. The fourth-order valence-corrected chi connectivity index (χ4v) is 3.07. The van der Waals surface area contributed by atoms with Crippen molar-refractivity contribution in [2.75, 3.05) is 5.32 Å². The molecule has 0 saturated heterocycles. The molecule has 0 fully saturated rings. The molecule has 2 rings (SSSR count). The number of benzene rings is 1. The normalized spacial score (nSPS) is 10.1. The fourth-order valence-electron chi connectivity index (χ4n) is 1.53. The molecule has 92 valence electrons. The van der Waals surface area contributed by atoms with Gasteiger partial charge in [0.2, 0.25) is 5.91 Å². The lowest BCUT2D eigenvalue weighted by Crippen LogP contribution is -2.09. The van der Waals surface area contributed by atoms with Crippen LogP contribution < -0.4 is 5.32 Å². The molecular formula is C13H10BrNO2S. The summed E-state index contributed by atoms with van der Waals surface area (Å²) in [5.74, 6) is -0.284. The molecule has 0 saturated carbocycles. The van der Waals surface area contributed by atoms with E-state index in [2.05, 4.69) is 21.2 Å². The Morgan fingerprint density at radius 3 is 2.50 bits per heavy atom. The molecule has 2 aromatic rings. The minimum absolute atomic E-state index is 0.0960. The van der Waals surface area contributed by atoms with Crippen LogP contribution in [0.5, 0.6) is 0 Å². The van der Waals surface area contributed by atoms with E-state index in [0.717, 1.165) is 3.79 Å². The number of thiophene rings is 1. The largest absolute Gasteiger partial charge is 0.317 e. The van der Waals surface area contributed by atoms with E-state index in [1.807, 2.05) is 18.2 Å². The number of carbonyl (C=O) groups is 2. The van der Waals surface area contributed by atoms with Gasteiger partial charge in [-0.1, -0.05) is 30.3 Å². The van der Waals surface area contributed by atoms with Gasteiger partial charge in [0.15, 0.2) is 5.78 Å². The van der Waals surface area contributed by atoms with Gasteiger partial charge >= 0.3 is 0 Å². The minimum atomic E-state index is -0.188. The Bertz CT molecular complexity index is 592. The Balaban J connectivity index is 2.39. The van der Waals surface area contributed by atoms with Gasteiger partial charge in [-0.15, -0.1) is 11.3 Å². The number of hydrogen-bond donors (Lipinski definition) is 1. The Morgan fingerprint density at radius 1 is 1.22 bits per heavy atom. The maximum Gasteiger partial charge on any atom is 0.221 e. The zero-order chi connectivity index (χ0) is 13.1. The van der Waals surface area contributed by atoms with Crippen molar-refractivity contribution in [3.05, 3.63) is 51.3 Å². The van der Waals surface area contributed by atoms with Gasteiger partial charge in [-0.05, 0) is 22.0 Å². The molecule has 0 aliphatic carbocycles. The van der Waals surface area contributed by atoms with Crippen LogP contribution in [0, 0.1) is 0 Å². The van der Waals surface area contributed by atoms with Crippen LogP contribution in [0.3, 0.4) is 0 Å². The van der Waals surface area contributed by atoms with Gasteiger partial charge in [-0.3, -0.25) is 9.59 Å². The first-order valence-electron chi connectivity index (χ1n) is 5.24. The van der Waals surface area contributed by atoms with Crippen molar-refractivity contribution in [1.29, 1.82) is 0 Å². The van der Waals surface area contributed by atoms with E-state index in [-0.39, 0.29) is 11.7 Å². The predicted molar refractivity (Wildman–Crippen MR) is 76.2 cm³/mol. The molecule has 0 spiro atoms. The molecule has 1 aromatic carbocycles. The molecule has 0 atom stereocenters. The Kier molecular flexibility index (Phi) is 3.93. The standard InChI is InChI=1S/C13H10BrNO2S/c1-8(16)15-13-10(7-11(14)18-13)12(17)9-5-3-2-4-6-9/h2-7H,1H3,(H,15,16). The van der Waals surface area contributed by atoms with Crippen molar-refractivity contribution in [2.24, 2.45) is 0 Å². The summed E-state index contributed by atoms with van der Waals surface area (Å²) in [6.07, 6.45) is 0. The van der Waals surface area contributed by atoms with Crippen LogP contribution in [0.15, 0.2) is 40.2 Å². The molecule has 1 heterocycles. The number of amides is 1. The smallest absolute Gasteiger partial charge is 0.221 e. The monoisotopic (exact) mass is 323 g/mol. The highest BCUT2D eigenvalue weighted by Crippen LogP contribution is 2.33.